The zero-order valence-corrected chi connectivity index (χ0v) is 15.0. The Morgan fingerprint density at radius 3 is 2.92 bits per heavy atom. The number of alkyl halides is 1. The molecule has 1 aliphatic rings. The van der Waals surface area contributed by atoms with Crippen molar-refractivity contribution < 1.29 is 0 Å². The third-order valence-corrected chi connectivity index (χ3v) is 4.92. The fourth-order valence-corrected chi connectivity index (χ4v) is 3.74. The van der Waals surface area contributed by atoms with Gasteiger partial charge in [0, 0.05) is 28.9 Å². The lowest BCUT2D eigenvalue weighted by Crippen LogP contribution is -2.31. The summed E-state index contributed by atoms with van der Waals surface area (Å²) >= 11 is 12.7. The Bertz CT molecular complexity index is 967. The number of hydrogen-bond acceptors (Lipinski definition) is 5. The molecular formula is C18H15Cl2N5. The lowest BCUT2D eigenvalue weighted by atomic mass is 9.95. The van der Waals surface area contributed by atoms with Gasteiger partial charge in [-0.2, -0.15) is 0 Å². The van der Waals surface area contributed by atoms with E-state index in [2.05, 4.69) is 25.3 Å². The van der Waals surface area contributed by atoms with Crippen molar-refractivity contribution in [3.05, 3.63) is 59.0 Å². The van der Waals surface area contributed by atoms with Gasteiger partial charge in [0.05, 0.1) is 11.6 Å². The first-order valence-corrected chi connectivity index (χ1v) is 8.75. The number of aliphatic imine (C=N–C) groups is 1. The van der Waals surface area contributed by atoms with Gasteiger partial charge in [0.15, 0.2) is 11.3 Å². The fourth-order valence-electron chi connectivity index (χ4n) is 3.01. The number of rotatable bonds is 3. The summed E-state index contributed by atoms with van der Waals surface area (Å²) in [5.41, 5.74) is 4.02. The van der Waals surface area contributed by atoms with E-state index in [9.17, 15) is 0 Å². The Morgan fingerprint density at radius 2 is 2.04 bits per heavy atom. The van der Waals surface area contributed by atoms with Crippen LogP contribution in [0.1, 0.15) is 23.6 Å². The molecule has 1 aromatic carbocycles. The number of halogens is 2. The van der Waals surface area contributed by atoms with Crippen LogP contribution in [0.15, 0.2) is 47.8 Å². The summed E-state index contributed by atoms with van der Waals surface area (Å²) < 4.78 is 0. The van der Waals surface area contributed by atoms with Crippen LogP contribution in [-0.4, -0.2) is 26.7 Å². The van der Waals surface area contributed by atoms with Crippen molar-refractivity contribution in [3.8, 4) is 0 Å². The lowest BCUT2D eigenvalue weighted by molar-refractivity contribution is 0.892. The van der Waals surface area contributed by atoms with Crippen molar-refractivity contribution in [1.29, 1.82) is 0 Å². The van der Waals surface area contributed by atoms with Crippen LogP contribution in [0.25, 0.3) is 11.0 Å². The molecule has 0 radical (unpaired) electrons. The van der Waals surface area contributed by atoms with Crippen LogP contribution in [0.3, 0.4) is 0 Å². The molecule has 2 atom stereocenters. The first-order valence-electron chi connectivity index (χ1n) is 7.93. The number of aromatic nitrogens is 3. The Kier molecular flexibility index (Phi) is 4.27. The highest BCUT2D eigenvalue weighted by Crippen LogP contribution is 2.36. The third-order valence-electron chi connectivity index (χ3n) is 4.28. The Morgan fingerprint density at radius 1 is 1.16 bits per heavy atom. The molecular weight excluding hydrogens is 357 g/mol. The standard InChI is InChI=1S/C18H15Cl2N5/c1-10(24-18-16-13(22-9-23-18)6-3-7-21-16)14-8-11-4-2-5-12(19)15(11)17(20)25-14/h2-7,9-10,17H,8H2,1H3,(H,22,23,24)/t10-,17?/m0/s1. The summed E-state index contributed by atoms with van der Waals surface area (Å²) in [6, 6.07) is 9.54. The molecule has 25 heavy (non-hydrogen) atoms. The predicted octanol–water partition coefficient (Wildman–Crippen LogP) is 4.41. The van der Waals surface area contributed by atoms with Gasteiger partial charge in [-0.25, -0.2) is 9.97 Å². The van der Waals surface area contributed by atoms with E-state index in [1.54, 1.807) is 6.20 Å². The normalized spacial score (nSPS) is 17.7. The molecule has 1 aliphatic heterocycles. The van der Waals surface area contributed by atoms with Crippen molar-refractivity contribution >= 4 is 45.8 Å². The van der Waals surface area contributed by atoms with E-state index in [0.29, 0.717) is 17.3 Å². The molecule has 0 bridgehead atoms. The average Bonchev–Trinajstić information content (AvgIpc) is 2.62. The lowest BCUT2D eigenvalue weighted by Gasteiger charge is -2.25. The molecule has 5 nitrogen and oxygen atoms in total. The minimum atomic E-state index is -0.475. The van der Waals surface area contributed by atoms with Gasteiger partial charge in [0.25, 0.3) is 0 Å². The van der Waals surface area contributed by atoms with Crippen LogP contribution < -0.4 is 5.32 Å². The molecule has 0 aliphatic carbocycles. The van der Waals surface area contributed by atoms with Crippen LogP contribution in [0, 0.1) is 0 Å². The van der Waals surface area contributed by atoms with E-state index >= 15 is 0 Å². The minimum Gasteiger partial charge on any atom is -0.360 e. The van der Waals surface area contributed by atoms with Gasteiger partial charge < -0.3 is 5.32 Å². The molecule has 126 valence electrons. The molecule has 1 unspecified atom stereocenters. The number of hydrogen-bond donors (Lipinski definition) is 1. The highest BCUT2D eigenvalue weighted by Gasteiger charge is 2.25. The second-order valence-electron chi connectivity index (χ2n) is 5.91. The van der Waals surface area contributed by atoms with Gasteiger partial charge in [-0.1, -0.05) is 35.3 Å². The van der Waals surface area contributed by atoms with Crippen LogP contribution in [0.2, 0.25) is 5.02 Å². The number of fused-ring (bicyclic) bond motifs is 2. The molecule has 0 saturated carbocycles. The van der Waals surface area contributed by atoms with Crippen molar-refractivity contribution in [3.63, 3.8) is 0 Å². The van der Waals surface area contributed by atoms with Gasteiger partial charge in [-0.15, -0.1) is 0 Å². The quantitative estimate of drug-likeness (QED) is 0.546. The summed E-state index contributed by atoms with van der Waals surface area (Å²) in [5, 5.41) is 4.04. The topological polar surface area (TPSA) is 63.1 Å². The zero-order chi connectivity index (χ0) is 17.4. The van der Waals surface area contributed by atoms with Crippen molar-refractivity contribution in [2.45, 2.75) is 24.9 Å². The van der Waals surface area contributed by atoms with Crippen molar-refractivity contribution in [1.82, 2.24) is 15.0 Å². The average molecular weight is 372 g/mol. The Hall–Kier alpha value is -2.24. The maximum absolute atomic E-state index is 6.45. The molecule has 3 aromatic rings. The molecule has 3 heterocycles. The molecule has 0 fully saturated rings. The summed E-state index contributed by atoms with van der Waals surface area (Å²) in [5.74, 6) is 0.684. The number of pyridine rings is 1. The van der Waals surface area contributed by atoms with Crippen molar-refractivity contribution in [2.75, 3.05) is 5.32 Å². The summed E-state index contributed by atoms with van der Waals surface area (Å²) in [6.45, 7) is 2.04. The predicted molar refractivity (Wildman–Crippen MR) is 102 cm³/mol. The summed E-state index contributed by atoms with van der Waals surface area (Å²) in [7, 11) is 0. The first-order chi connectivity index (χ1) is 12.1. The molecule has 0 spiro atoms. The smallest absolute Gasteiger partial charge is 0.156 e. The molecule has 2 aromatic heterocycles. The largest absolute Gasteiger partial charge is 0.360 e. The molecule has 1 N–H and O–H groups in total. The van der Waals surface area contributed by atoms with E-state index in [-0.39, 0.29) is 6.04 Å². The SMILES string of the molecule is C[C@H](Nc1ncnc2cccnc12)C1=NC(Cl)c2c(Cl)cccc2C1. The van der Waals surface area contributed by atoms with Crippen LogP contribution in [0.4, 0.5) is 5.82 Å². The van der Waals surface area contributed by atoms with Gasteiger partial charge in [0.2, 0.25) is 0 Å². The van der Waals surface area contributed by atoms with E-state index < -0.39 is 5.50 Å². The second-order valence-corrected chi connectivity index (χ2v) is 6.73. The highest BCUT2D eigenvalue weighted by molar-refractivity contribution is 6.33. The number of anilines is 1. The number of nitrogens with zero attached hydrogens (tertiary/aromatic N) is 4. The van der Waals surface area contributed by atoms with E-state index in [0.717, 1.165) is 27.9 Å². The van der Waals surface area contributed by atoms with Crippen LogP contribution in [0.5, 0.6) is 0 Å². The number of nitrogens with one attached hydrogen (secondary N) is 1. The van der Waals surface area contributed by atoms with E-state index in [4.69, 9.17) is 23.2 Å². The Balaban J connectivity index is 1.63. The summed E-state index contributed by atoms with van der Waals surface area (Å²) in [6.07, 6.45) is 3.96. The second kappa shape index (κ2) is 6.58. The first kappa shape index (κ1) is 16.2. The van der Waals surface area contributed by atoms with Crippen molar-refractivity contribution in [2.24, 2.45) is 4.99 Å². The monoisotopic (exact) mass is 371 g/mol. The zero-order valence-electron chi connectivity index (χ0n) is 13.4. The fraction of sp³-hybridized carbons (Fsp3) is 0.222. The van der Waals surface area contributed by atoms with Crippen LogP contribution in [-0.2, 0) is 6.42 Å². The van der Waals surface area contributed by atoms with Crippen LogP contribution >= 0.6 is 23.2 Å². The number of benzene rings is 1. The summed E-state index contributed by atoms with van der Waals surface area (Å²) in [4.78, 5) is 17.6. The van der Waals surface area contributed by atoms with E-state index in [1.165, 1.54) is 6.33 Å². The Labute approximate surface area is 155 Å². The molecule has 0 amide bonds. The van der Waals surface area contributed by atoms with E-state index in [1.807, 2.05) is 37.3 Å². The van der Waals surface area contributed by atoms with Gasteiger partial charge in [-0.3, -0.25) is 9.98 Å². The molecule has 7 heteroatoms. The minimum absolute atomic E-state index is 0.0477. The van der Waals surface area contributed by atoms with Gasteiger partial charge in [0.1, 0.15) is 11.8 Å². The van der Waals surface area contributed by atoms with Gasteiger partial charge >= 0.3 is 0 Å². The third kappa shape index (κ3) is 3.05. The molecule has 0 saturated heterocycles. The maximum atomic E-state index is 6.45. The highest BCUT2D eigenvalue weighted by atomic mass is 35.5. The van der Waals surface area contributed by atoms with Gasteiger partial charge in [-0.05, 0) is 30.7 Å². The molecule has 4 rings (SSSR count). The maximum Gasteiger partial charge on any atom is 0.156 e.